The first-order valence-electron chi connectivity index (χ1n) is 6.34. The van der Waals surface area contributed by atoms with Gasteiger partial charge in [-0.2, -0.15) is 5.10 Å². The molecule has 0 spiro atoms. The maximum Gasteiger partial charge on any atom is 0.242 e. The Kier molecular flexibility index (Phi) is 4.46. The second-order valence-electron chi connectivity index (χ2n) is 4.37. The summed E-state index contributed by atoms with van der Waals surface area (Å²) < 4.78 is 28.7. The first kappa shape index (κ1) is 14.6. The predicted molar refractivity (Wildman–Crippen MR) is 73.3 cm³/mol. The van der Waals surface area contributed by atoms with Crippen molar-refractivity contribution in [3.8, 4) is 0 Å². The van der Waals surface area contributed by atoms with Crippen molar-refractivity contribution in [2.75, 3.05) is 0 Å². The minimum absolute atomic E-state index is 0.133. The standard InChI is InChI=1S/C12H17N5O2S/c1-3-7-17-12(14-9-15-17)10(2)16-20(18,19)11-5-4-6-13-8-11/h4-6,8-10,16H,3,7H2,1-2H3/t10-/m1/s1. The summed E-state index contributed by atoms with van der Waals surface area (Å²) in [5.74, 6) is 0.597. The molecule has 2 rings (SSSR count). The molecule has 0 fully saturated rings. The van der Waals surface area contributed by atoms with Crippen LogP contribution in [0.15, 0.2) is 35.7 Å². The van der Waals surface area contributed by atoms with Crippen LogP contribution in [0.1, 0.15) is 32.1 Å². The third-order valence-corrected chi connectivity index (χ3v) is 4.27. The van der Waals surface area contributed by atoms with E-state index in [0.29, 0.717) is 12.4 Å². The van der Waals surface area contributed by atoms with Crippen molar-refractivity contribution in [3.63, 3.8) is 0 Å². The third kappa shape index (κ3) is 3.20. The molecule has 1 N–H and O–H groups in total. The molecule has 0 aliphatic carbocycles. The third-order valence-electron chi connectivity index (χ3n) is 2.74. The zero-order chi connectivity index (χ0) is 14.6. The fourth-order valence-corrected chi connectivity index (χ4v) is 3.02. The van der Waals surface area contributed by atoms with E-state index in [0.717, 1.165) is 6.42 Å². The maximum absolute atomic E-state index is 12.2. The van der Waals surface area contributed by atoms with Gasteiger partial charge in [0.25, 0.3) is 0 Å². The van der Waals surface area contributed by atoms with Crippen LogP contribution in [0.5, 0.6) is 0 Å². The zero-order valence-corrected chi connectivity index (χ0v) is 12.2. The van der Waals surface area contributed by atoms with Crippen LogP contribution in [0.4, 0.5) is 0 Å². The average molecular weight is 295 g/mol. The van der Waals surface area contributed by atoms with E-state index in [4.69, 9.17) is 0 Å². The minimum atomic E-state index is -3.61. The molecule has 0 saturated carbocycles. The van der Waals surface area contributed by atoms with Gasteiger partial charge in [-0.1, -0.05) is 6.92 Å². The Morgan fingerprint density at radius 2 is 2.25 bits per heavy atom. The molecule has 2 aromatic heterocycles. The lowest BCUT2D eigenvalue weighted by Gasteiger charge is -2.14. The molecule has 2 aromatic rings. The van der Waals surface area contributed by atoms with Gasteiger partial charge in [-0.3, -0.25) is 4.98 Å². The number of pyridine rings is 1. The van der Waals surface area contributed by atoms with Crippen molar-refractivity contribution in [1.29, 1.82) is 0 Å². The van der Waals surface area contributed by atoms with E-state index in [-0.39, 0.29) is 4.90 Å². The summed E-state index contributed by atoms with van der Waals surface area (Å²) in [4.78, 5) is 8.07. The van der Waals surface area contributed by atoms with E-state index in [1.807, 2.05) is 6.92 Å². The van der Waals surface area contributed by atoms with E-state index in [1.165, 1.54) is 24.8 Å². The van der Waals surface area contributed by atoms with Crippen LogP contribution in [-0.2, 0) is 16.6 Å². The maximum atomic E-state index is 12.2. The van der Waals surface area contributed by atoms with E-state index < -0.39 is 16.1 Å². The number of hydrogen-bond donors (Lipinski definition) is 1. The Morgan fingerprint density at radius 1 is 1.45 bits per heavy atom. The predicted octanol–water partition coefficient (Wildman–Crippen LogP) is 1.12. The molecular weight excluding hydrogens is 278 g/mol. The SMILES string of the molecule is CCCn1ncnc1[C@@H](C)NS(=O)(=O)c1cccnc1. The normalized spacial score (nSPS) is 13.3. The number of rotatable bonds is 6. The van der Waals surface area contributed by atoms with Gasteiger partial charge in [0, 0.05) is 18.9 Å². The fraction of sp³-hybridized carbons (Fsp3) is 0.417. The Balaban J connectivity index is 2.19. The van der Waals surface area contributed by atoms with Gasteiger partial charge in [0.1, 0.15) is 17.0 Å². The Bertz CT molecular complexity index is 653. The van der Waals surface area contributed by atoms with Crippen molar-refractivity contribution < 1.29 is 8.42 Å². The van der Waals surface area contributed by atoms with Gasteiger partial charge in [-0.25, -0.2) is 22.8 Å². The molecule has 8 heteroatoms. The van der Waals surface area contributed by atoms with E-state index in [1.54, 1.807) is 17.7 Å². The summed E-state index contributed by atoms with van der Waals surface area (Å²) in [6.45, 7) is 4.47. The highest BCUT2D eigenvalue weighted by atomic mass is 32.2. The molecule has 0 unspecified atom stereocenters. The molecular formula is C12H17N5O2S. The molecule has 20 heavy (non-hydrogen) atoms. The average Bonchev–Trinajstić information content (AvgIpc) is 2.88. The van der Waals surface area contributed by atoms with E-state index in [9.17, 15) is 8.42 Å². The summed E-state index contributed by atoms with van der Waals surface area (Å²) in [6, 6.07) is 2.62. The number of sulfonamides is 1. The molecule has 7 nitrogen and oxygen atoms in total. The molecule has 108 valence electrons. The number of nitrogens with one attached hydrogen (secondary N) is 1. The van der Waals surface area contributed by atoms with Gasteiger partial charge in [0.15, 0.2) is 0 Å². The molecule has 0 amide bonds. The van der Waals surface area contributed by atoms with Crippen molar-refractivity contribution in [3.05, 3.63) is 36.7 Å². The van der Waals surface area contributed by atoms with Crippen molar-refractivity contribution in [1.82, 2.24) is 24.5 Å². The largest absolute Gasteiger partial charge is 0.263 e. The monoisotopic (exact) mass is 295 g/mol. The second kappa shape index (κ2) is 6.10. The summed E-state index contributed by atoms with van der Waals surface area (Å²) in [6.07, 6.45) is 5.17. The first-order chi connectivity index (χ1) is 9.54. The number of aryl methyl sites for hydroxylation is 1. The molecule has 1 atom stereocenters. The Hall–Kier alpha value is -1.80. The number of hydrogen-bond acceptors (Lipinski definition) is 5. The fourth-order valence-electron chi connectivity index (χ4n) is 1.85. The lowest BCUT2D eigenvalue weighted by molar-refractivity contribution is 0.515. The second-order valence-corrected chi connectivity index (χ2v) is 6.09. The lowest BCUT2D eigenvalue weighted by atomic mass is 10.3. The molecule has 0 aliphatic rings. The molecule has 0 saturated heterocycles. The van der Waals surface area contributed by atoms with Crippen LogP contribution in [0.2, 0.25) is 0 Å². The summed E-state index contributed by atoms with van der Waals surface area (Å²) in [5.41, 5.74) is 0. The Morgan fingerprint density at radius 3 is 2.90 bits per heavy atom. The van der Waals surface area contributed by atoms with Crippen LogP contribution in [-0.4, -0.2) is 28.2 Å². The Labute approximate surface area is 118 Å². The summed E-state index contributed by atoms with van der Waals surface area (Å²) in [5, 5.41) is 4.09. The number of nitrogens with zero attached hydrogens (tertiary/aromatic N) is 4. The highest BCUT2D eigenvalue weighted by molar-refractivity contribution is 7.89. The minimum Gasteiger partial charge on any atom is -0.263 e. The van der Waals surface area contributed by atoms with Crippen LogP contribution >= 0.6 is 0 Å². The van der Waals surface area contributed by atoms with Crippen LogP contribution in [0, 0.1) is 0 Å². The quantitative estimate of drug-likeness (QED) is 0.862. The number of aromatic nitrogens is 4. The van der Waals surface area contributed by atoms with Crippen molar-refractivity contribution in [2.45, 2.75) is 37.8 Å². The van der Waals surface area contributed by atoms with Crippen LogP contribution in [0.3, 0.4) is 0 Å². The van der Waals surface area contributed by atoms with Gasteiger partial charge >= 0.3 is 0 Å². The van der Waals surface area contributed by atoms with E-state index >= 15 is 0 Å². The molecule has 0 aromatic carbocycles. The van der Waals surface area contributed by atoms with E-state index in [2.05, 4.69) is 19.8 Å². The summed E-state index contributed by atoms with van der Waals surface area (Å²) >= 11 is 0. The molecule has 0 bridgehead atoms. The van der Waals surface area contributed by atoms with Gasteiger partial charge in [-0.05, 0) is 25.5 Å². The van der Waals surface area contributed by atoms with Crippen molar-refractivity contribution in [2.24, 2.45) is 0 Å². The van der Waals surface area contributed by atoms with Gasteiger partial charge in [0.2, 0.25) is 10.0 Å². The van der Waals surface area contributed by atoms with Crippen LogP contribution < -0.4 is 4.72 Å². The highest BCUT2D eigenvalue weighted by Gasteiger charge is 2.21. The van der Waals surface area contributed by atoms with Crippen LogP contribution in [0.25, 0.3) is 0 Å². The molecule has 0 radical (unpaired) electrons. The highest BCUT2D eigenvalue weighted by Crippen LogP contribution is 2.14. The van der Waals surface area contributed by atoms with Gasteiger partial charge in [-0.15, -0.1) is 0 Å². The molecule has 0 aliphatic heterocycles. The zero-order valence-electron chi connectivity index (χ0n) is 11.4. The summed E-state index contributed by atoms with van der Waals surface area (Å²) in [7, 11) is -3.61. The smallest absolute Gasteiger partial charge is 0.242 e. The lowest BCUT2D eigenvalue weighted by Crippen LogP contribution is -2.29. The van der Waals surface area contributed by atoms with Gasteiger partial charge < -0.3 is 0 Å². The topological polar surface area (TPSA) is 89.8 Å². The van der Waals surface area contributed by atoms with Gasteiger partial charge in [0.05, 0.1) is 6.04 Å². The molecule has 2 heterocycles. The first-order valence-corrected chi connectivity index (χ1v) is 7.83. The van der Waals surface area contributed by atoms with Crippen molar-refractivity contribution >= 4 is 10.0 Å².